The van der Waals surface area contributed by atoms with Crippen molar-refractivity contribution in [2.75, 3.05) is 5.32 Å². The van der Waals surface area contributed by atoms with E-state index in [0.717, 1.165) is 11.3 Å². The molecule has 0 unspecified atom stereocenters. The predicted octanol–water partition coefficient (Wildman–Crippen LogP) is 3.68. The number of carboxylic acid groups (broad SMARTS) is 1. The number of carboxylic acids is 1. The van der Waals surface area contributed by atoms with Gasteiger partial charge in [-0.2, -0.15) is 0 Å². The Morgan fingerprint density at radius 2 is 1.73 bits per heavy atom. The SMILES string of the molecule is CC(C)(Oc1ccc(NCc2ccc(F)cc2)cc1)C(=O)O. The van der Waals surface area contributed by atoms with Gasteiger partial charge in [-0.25, -0.2) is 9.18 Å². The van der Waals surface area contributed by atoms with Crippen molar-refractivity contribution in [2.24, 2.45) is 0 Å². The van der Waals surface area contributed by atoms with Gasteiger partial charge in [-0.05, 0) is 55.8 Å². The van der Waals surface area contributed by atoms with Crippen molar-refractivity contribution in [2.45, 2.75) is 26.0 Å². The standard InChI is InChI=1S/C17H18FNO3/c1-17(2,16(20)21)22-15-9-7-14(8-10-15)19-11-12-3-5-13(18)6-4-12/h3-10,19H,11H2,1-2H3,(H,20,21). The van der Waals surface area contributed by atoms with Crippen LogP contribution in [0.15, 0.2) is 48.5 Å². The highest BCUT2D eigenvalue weighted by molar-refractivity contribution is 5.76. The van der Waals surface area contributed by atoms with Crippen LogP contribution in [0.2, 0.25) is 0 Å². The van der Waals surface area contributed by atoms with Crippen molar-refractivity contribution in [1.29, 1.82) is 0 Å². The highest BCUT2D eigenvalue weighted by Gasteiger charge is 2.29. The number of hydrogen-bond acceptors (Lipinski definition) is 3. The second-order valence-corrected chi connectivity index (χ2v) is 5.42. The third-order valence-electron chi connectivity index (χ3n) is 3.15. The Labute approximate surface area is 128 Å². The van der Waals surface area contributed by atoms with Gasteiger partial charge in [0.05, 0.1) is 0 Å². The summed E-state index contributed by atoms with van der Waals surface area (Å²) >= 11 is 0. The fraction of sp³-hybridized carbons (Fsp3) is 0.235. The highest BCUT2D eigenvalue weighted by Crippen LogP contribution is 2.21. The molecule has 0 heterocycles. The van der Waals surface area contributed by atoms with Crippen LogP contribution < -0.4 is 10.1 Å². The minimum absolute atomic E-state index is 0.258. The minimum atomic E-state index is -1.27. The number of aliphatic carboxylic acids is 1. The zero-order valence-electron chi connectivity index (χ0n) is 12.5. The molecule has 0 aliphatic carbocycles. The van der Waals surface area contributed by atoms with Crippen LogP contribution in [-0.2, 0) is 11.3 Å². The predicted molar refractivity (Wildman–Crippen MR) is 82.5 cm³/mol. The van der Waals surface area contributed by atoms with Gasteiger partial charge in [0.2, 0.25) is 0 Å². The minimum Gasteiger partial charge on any atom is -0.478 e. The highest BCUT2D eigenvalue weighted by atomic mass is 19.1. The molecule has 0 bridgehead atoms. The summed E-state index contributed by atoms with van der Waals surface area (Å²) in [7, 11) is 0. The van der Waals surface area contributed by atoms with Crippen LogP contribution in [0.25, 0.3) is 0 Å². The van der Waals surface area contributed by atoms with Crippen LogP contribution in [0.4, 0.5) is 10.1 Å². The quantitative estimate of drug-likeness (QED) is 0.854. The van der Waals surface area contributed by atoms with Gasteiger partial charge < -0.3 is 15.2 Å². The molecule has 0 saturated carbocycles. The Kier molecular flexibility index (Phi) is 4.65. The van der Waals surface area contributed by atoms with Crippen molar-refractivity contribution < 1.29 is 19.0 Å². The molecule has 0 saturated heterocycles. The lowest BCUT2D eigenvalue weighted by Crippen LogP contribution is -2.37. The number of benzene rings is 2. The Morgan fingerprint density at radius 3 is 2.27 bits per heavy atom. The first kappa shape index (κ1) is 15.8. The van der Waals surface area contributed by atoms with Gasteiger partial charge >= 0.3 is 5.97 Å². The van der Waals surface area contributed by atoms with Gasteiger partial charge in [0.1, 0.15) is 11.6 Å². The average Bonchev–Trinajstić information content (AvgIpc) is 2.48. The molecule has 0 aromatic heterocycles. The van der Waals surface area contributed by atoms with Crippen LogP contribution in [0.3, 0.4) is 0 Å². The van der Waals surface area contributed by atoms with Crippen LogP contribution in [0.1, 0.15) is 19.4 Å². The molecular weight excluding hydrogens is 285 g/mol. The Bertz CT molecular complexity index is 636. The van der Waals surface area contributed by atoms with E-state index in [0.29, 0.717) is 12.3 Å². The molecule has 0 amide bonds. The monoisotopic (exact) mass is 303 g/mol. The van der Waals surface area contributed by atoms with Crippen LogP contribution in [-0.4, -0.2) is 16.7 Å². The van der Waals surface area contributed by atoms with Gasteiger partial charge in [0.15, 0.2) is 5.60 Å². The third kappa shape index (κ3) is 4.22. The molecule has 2 N–H and O–H groups in total. The molecular formula is C17H18FNO3. The number of halogens is 1. The molecule has 2 aromatic carbocycles. The molecule has 5 heteroatoms. The summed E-state index contributed by atoms with van der Waals surface area (Å²) in [5.74, 6) is -0.794. The smallest absolute Gasteiger partial charge is 0.347 e. The van der Waals surface area contributed by atoms with E-state index < -0.39 is 11.6 Å². The van der Waals surface area contributed by atoms with Crippen LogP contribution >= 0.6 is 0 Å². The van der Waals surface area contributed by atoms with Crippen molar-refractivity contribution in [1.82, 2.24) is 0 Å². The number of hydrogen-bond donors (Lipinski definition) is 2. The van der Waals surface area contributed by atoms with Crippen molar-refractivity contribution >= 4 is 11.7 Å². The van der Waals surface area contributed by atoms with Crippen molar-refractivity contribution in [3.63, 3.8) is 0 Å². The first-order chi connectivity index (χ1) is 10.4. The number of anilines is 1. The maximum Gasteiger partial charge on any atom is 0.347 e. The summed E-state index contributed by atoms with van der Waals surface area (Å²) in [4.78, 5) is 11.0. The molecule has 2 aromatic rings. The average molecular weight is 303 g/mol. The van der Waals surface area contributed by atoms with Gasteiger partial charge in [0.25, 0.3) is 0 Å². The largest absolute Gasteiger partial charge is 0.478 e. The van der Waals surface area contributed by atoms with E-state index in [4.69, 9.17) is 9.84 Å². The lowest BCUT2D eigenvalue weighted by Gasteiger charge is -2.21. The number of nitrogens with one attached hydrogen (secondary N) is 1. The Hall–Kier alpha value is -2.56. The summed E-state index contributed by atoms with van der Waals surface area (Å²) in [5, 5.41) is 12.2. The van der Waals surface area contributed by atoms with Gasteiger partial charge in [-0.15, -0.1) is 0 Å². The lowest BCUT2D eigenvalue weighted by molar-refractivity contribution is -0.152. The molecule has 0 fully saturated rings. The van der Waals surface area contributed by atoms with Crippen molar-refractivity contribution in [3.8, 4) is 5.75 Å². The van der Waals surface area contributed by atoms with E-state index in [1.165, 1.54) is 26.0 Å². The molecule has 0 spiro atoms. The maximum atomic E-state index is 12.8. The van der Waals surface area contributed by atoms with Crippen LogP contribution in [0.5, 0.6) is 5.75 Å². The number of carbonyl (C=O) groups is 1. The molecule has 0 aliphatic rings. The second-order valence-electron chi connectivity index (χ2n) is 5.42. The van der Waals surface area contributed by atoms with E-state index in [9.17, 15) is 9.18 Å². The maximum absolute atomic E-state index is 12.8. The fourth-order valence-electron chi connectivity index (χ4n) is 1.79. The molecule has 0 aliphatic heterocycles. The normalized spacial score (nSPS) is 11.0. The lowest BCUT2D eigenvalue weighted by atomic mass is 10.1. The summed E-state index contributed by atoms with van der Waals surface area (Å²) in [6.45, 7) is 3.56. The van der Waals surface area contributed by atoms with E-state index in [1.807, 2.05) is 0 Å². The van der Waals surface area contributed by atoms with Gasteiger partial charge in [0, 0.05) is 12.2 Å². The molecule has 2 rings (SSSR count). The molecule has 116 valence electrons. The molecule has 0 radical (unpaired) electrons. The first-order valence-electron chi connectivity index (χ1n) is 6.87. The summed E-state index contributed by atoms with van der Waals surface area (Å²) < 4.78 is 18.2. The summed E-state index contributed by atoms with van der Waals surface area (Å²) in [6, 6.07) is 13.3. The number of ether oxygens (including phenoxy) is 1. The van der Waals surface area contributed by atoms with Gasteiger partial charge in [-0.3, -0.25) is 0 Å². The topological polar surface area (TPSA) is 58.6 Å². The Balaban J connectivity index is 1.94. The summed E-state index contributed by atoms with van der Waals surface area (Å²) in [5.41, 5.74) is 0.557. The fourth-order valence-corrected chi connectivity index (χ4v) is 1.79. The number of rotatable bonds is 6. The van der Waals surface area contributed by atoms with E-state index in [2.05, 4.69) is 5.32 Å². The van der Waals surface area contributed by atoms with Crippen molar-refractivity contribution in [3.05, 3.63) is 59.9 Å². The third-order valence-corrected chi connectivity index (χ3v) is 3.15. The summed E-state index contributed by atoms with van der Waals surface area (Å²) in [6.07, 6.45) is 0. The molecule has 4 nitrogen and oxygen atoms in total. The van der Waals surface area contributed by atoms with E-state index in [1.54, 1.807) is 36.4 Å². The Morgan fingerprint density at radius 1 is 1.14 bits per heavy atom. The first-order valence-corrected chi connectivity index (χ1v) is 6.87. The second kappa shape index (κ2) is 6.47. The van der Waals surface area contributed by atoms with E-state index >= 15 is 0 Å². The van der Waals surface area contributed by atoms with E-state index in [-0.39, 0.29) is 5.82 Å². The zero-order valence-corrected chi connectivity index (χ0v) is 12.5. The van der Waals surface area contributed by atoms with Gasteiger partial charge in [-0.1, -0.05) is 12.1 Å². The molecule has 22 heavy (non-hydrogen) atoms. The zero-order chi connectivity index (χ0) is 16.2. The molecule has 0 atom stereocenters. The van der Waals surface area contributed by atoms with Crippen LogP contribution in [0, 0.1) is 5.82 Å².